The zero-order valence-electron chi connectivity index (χ0n) is 18.0. The van der Waals surface area contributed by atoms with E-state index in [1.54, 1.807) is 0 Å². The molecule has 0 saturated carbocycles. The summed E-state index contributed by atoms with van der Waals surface area (Å²) >= 11 is 0. The fourth-order valence-corrected chi connectivity index (χ4v) is 5.24. The third-order valence-electron chi connectivity index (χ3n) is 6.49. The molecule has 4 nitrogen and oxygen atoms in total. The summed E-state index contributed by atoms with van der Waals surface area (Å²) in [4.78, 5) is 14.7. The summed E-state index contributed by atoms with van der Waals surface area (Å²) in [5.41, 5.74) is 7.41. The Morgan fingerprint density at radius 1 is 0.545 bits per heavy atom. The lowest BCUT2D eigenvalue weighted by Crippen LogP contribution is -2.79. The molecule has 0 bridgehead atoms. The first-order valence-electron chi connectivity index (χ1n) is 11.1. The van der Waals surface area contributed by atoms with Crippen molar-refractivity contribution in [3.8, 4) is 0 Å². The van der Waals surface area contributed by atoms with Gasteiger partial charge in [-0.15, -0.1) is 0 Å². The van der Waals surface area contributed by atoms with Gasteiger partial charge < -0.3 is 4.48 Å². The summed E-state index contributed by atoms with van der Waals surface area (Å²) < 4.78 is 2.36. The summed E-state index contributed by atoms with van der Waals surface area (Å²) in [7, 11) is 0. The van der Waals surface area contributed by atoms with E-state index in [9.17, 15) is 0 Å². The lowest BCUT2D eigenvalue weighted by atomic mass is 9.26. The molecule has 0 unspecified atom stereocenters. The molecule has 0 spiro atoms. The first-order chi connectivity index (χ1) is 16.4. The molecular formula is C28H21BN4. The Morgan fingerprint density at radius 2 is 1.15 bits per heavy atom. The first kappa shape index (κ1) is 19.3. The standard InChI is InChI=1S/C28H21BN4/c1-2-12-22(13-3-1)27-24-15-7-11-21-33(24)29(25-16-5-9-19-31-25,26-17-6-10-20-32-26)28(27)23-14-4-8-18-30-23/h1-21H. The molecule has 5 heteroatoms. The highest BCUT2D eigenvalue weighted by Crippen LogP contribution is 2.39. The number of fused-ring (bicyclic) bond motifs is 1. The van der Waals surface area contributed by atoms with E-state index in [2.05, 4.69) is 83.5 Å². The van der Waals surface area contributed by atoms with Crippen LogP contribution in [0.1, 0.15) is 17.0 Å². The van der Waals surface area contributed by atoms with Crippen LogP contribution in [0.4, 0.5) is 0 Å². The molecule has 156 valence electrons. The molecule has 5 aromatic rings. The minimum absolute atomic E-state index is 0.927. The van der Waals surface area contributed by atoms with E-state index in [0.717, 1.165) is 39.2 Å². The van der Waals surface area contributed by atoms with Gasteiger partial charge in [0.1, 0.15) is 6.20 Å². The first-order valence-corrected chi connectivity index (χ1v) is 11.1. The highest BCUT2D eigenvalue weighted by Gasteiger charge is 2.54. The molecule has 0 atom stereocenters. The lowest BCUT2D eigenvalue weighted by molar-refractivity contribution is -0.539. The molecule has 0 radical (unpaired) electrons. The normalized spacial score (nSPS) is 14.2. The van der Waals surface area contributed by atoms with E-state index in [-0.39, 0.29) is 0 Å². The van der Waals surface area contributed by atoms with Crippen LogP contribution in [0.25, 0.3) is 11.0 Å². The van der Waals surface area contributed by atoms with Crippen LogP contribution < -0.4 is 15.7 Å². The van der Waals surface area contributed by atoms with Gasteiger partial charge in [0.2, 0.25) is 0 Å². The van der Waals surface area contributed by atoms with Crippen molar-refractivity contribution in [2.24, 2.45) is 0 Å². The van der Waals surface area contributed by atoms with E-state index in [0.29, 0.717) is 0 Å². The van der Waals surface area contributed by atoms with Gasteiger partial charge in [-0.25, -0.2) is 0 Å². The smallest absolute Gasteiger partial charge is 0.397 e. The highest BCUT2D eigenvalue weighted by atomic mass is 15.0. The molecule has 0 amide bonds. The summed E-state index contributed by atoms with van der Waals surface area (Å²) in [6.07, 6.45) is 6.00. The Kier molecular flexibility index (Phi) is 4.66. The Balaban J connectivity index is 1.85. The SMILES string of the molecule is c1ccc(C2=C(c3ccccn3)[B-](c3ccccn3)(c3ccccn3)[n+]3ccccc32)cc1. The maximum atomic E-state index is 4.92. The molecule has 33 heavy (non-hydrogen) atoms. The molecule has 1 aliphatic rings. The second-order valence-corrected chi connectivity index (χ2v) is 8.19. The number of benzene rings is 1. The van der Waals surface area contributed by atoms with Gasteiger partial charge >= 0.3 is 6.28 Å². The summed E-state index contributed by atoms with van der Waals surface area (Å²) in [6.45, 7) is 0. The molecular weight excluding hydrogens is 403 g/mol. The van der Waals surface area contributed by atoms with Crippen molar-refractivity contribution in [2.45, 2.75) is 0 Å². The Bertz CT molecular complexity index is 1400. The number of pyridine rings is 4. The molecule has 1 aliphatic heterocycles. The lowest BCUT2D eigenvalue weighted by Gasteiger charge is -2.33. The van der Waals surface area contributed by atoms with Crippen LogP contribution in [0.3, 0.4) is 0 Å². The molecule has 0 fully saturated rings. The fourth-order valence-electron chi connectivity index (χ4n) is 5.24. The molecule has 5 heterocycles. The maximum Gasteiger partial charge on any atom is 0.397 e. The number of hydrogen-bond donors (Lipinski definition) is 0. The molecule has 6 rings (SSSR count). The van der Waals surface area contributed by atoms with Crippen LogP contribution in [0.2, 0.25) is 0 Å². The third kappa shape index (κ3) is 2.93. The molecule has 0 N–H and O–H groups in total. The largest absolute Gasteiger partial charge is 0.406 e. The average Bonchev–Trinajstić information content (AvgIpc) is 3.23. The van der Waals surface area contributed by atoms with Crippen molar-refractivity contribution in [3.63, 3.8) is 0 Å². The van der Waals surface area contributed by atoms with Crippen LogP contribution in [0.15, 0.2) is 128 Å². The molecule has 4 aromatic heterocycles. The van der Waals surface area contributed by atoms with Gasteiger partial charge in [-0.05, 0) is 47.1 Å². The summed E-state index contributed by atoms with van der Waals surface area (Å²) in [5, 5.41) is 0. The van der Waals surface area contributed by atoms with Crippen molar-refractivity contribution in [2.75, 3.05) is 0 Å². The van der Waals surface area contributed by atoms with E-state index in [4.69, 9.17) is 15.0 Å². The zero-order valence-corrected chi connectivity index (χ0v) is 18.0. The summed E-state index contributed by atoms with van der Waals surface area (Å²) in [6, 6.07) is 35.2. The van der Waals surface area contributed by atoms with Crippen molar-refractivity contribution in [1.29, 1.82) is 0 Å². The van der Waals surface area contributed by atoms with E-state index < -0.39 is 6.28 Å². The topological polar surface area (TPSA) is 42.6 Å². The van der Waals surface area contributed by atoms with Crippen molar-refractivity contribution >= 4 is 28.5 Å². The number of rotatable bonds is 4. The highest BCUT2D eigenvalue weighted by molar-refractivity contribution is 7.10. The van der Waals surface area contributed by atoms with E-state index >= 15 is 0 Å². The Morgan fingerprint density at radius 3 is 1.76 bits per heavy atom. The predicted molar refractivity (Wildman–Crippen MR) is 132 cm³/mol. The zero-order chi connectivity index (χ0) is 22.1. The molecule has 0 aliphatic carbocycles. The van der Waals surface area contributed by atoms with Gasteiger partial charge in [0.15, 0.2) is 5.69 Å². The number of hydrogen-bond acceptors (Lipinski definition) is 3. The second kappa shape index (κ2) is 7.95. The van der Waals surface area contributed by atoms with Crippen LogP contribution in [0.5, 0.6) is 0 Å². The minimum Gasteiger partial charge on any atom is -0.406 e. The van der Waals surface area contributed by atoms with Gasteiger partial charge in [0.05, 0.1) is 0 Å². The van der Waals surface area contributed by atoms with E-state index in [1.807, 2.05) is 48.9 Å². The van der Waals surface area contributed by atoms with Crippen molar-refractivity contribution < 1.29 is 4.48 Å². The van der Waals surface area contributed by atoms with Crippen LogP contribution in [-0.2, 0) is 0 Å². The number of aromatic nitrogens is 4. The van der Waals surface area contributed by atoms with Crippen molar-refractivity contribution in [1.82, 2.24) is 15.0 Å². The van der Waals surface area contributed by atoms with E-state index in [1.165, 1.54) is 0 Å². The van der Waals surface area contributed by atoms with Gasteiger partial charge in [-0.2, -0.15) is 0 Å². The van der Waals surface area contributed by atoms with Gasteiger partial charge in [-0.3, -0.25) is 15.0 Å². The molecule has 0 saturated heterocycles. The Labute approximate surface area is 192 Å². The Hall–Kier alpha value is -4.38. The van der Waals surface area contributed by atoms with Crippen LogP contribution in [0, 0.1) is 0 Å². The van der Waals surface area contributed by atoms with Gasteiger partial charge in [0, 0.05) is 35.9 Å². The minimum atomic E-state index is -1.74. The van der Waals surface area contributed by atoms with Crippen LogP contribution in [-0.4, -0.2) is 21.2 Å². The van der Waals surface area contributed by atoms with Gasteiger partial charge in [-0.1, -0.05) is 72.2 Å². The second-order valence-electron chi connectivity index (χ2n) is 8.19. The average molecular weight is 424 g/mol. The van der Waals surface area contributed by atoms with Crippen LogP contribution >= 0.6 is 0 Å². The molecule has 1 aromatic carbocycles. The van der Waals surface area contributed by atoms with Crippen molar-refractivity contribution in [3.05, 3.63) is 145 Å². The van der Waals surface area contributed by atoms with Gasteiger partial charge in [0.25, 0.3) is 0 Å². The summed E-state index contributed by atoms with van der Waals surface area (Å²) in [5.74, 6) is 0. The fraction of sp³-hybridized carbons (Fsp3) is 0. The maximum absolute atomic E-state index is 4.92. The quantitative estimate of drug-likeness (QED) is 0.416. The predicted octanol–water partition coefficient (Wildman–Crippen LogP) is 3.28. The third-order valence-corrected chi connectivity index (χ3v) is 6.49. The number of nitrogens with zero attached hydrogens (tertiary/aromatic N) is 4. The monoisotopic (exact) mass is 424 g/mol.